The van der Waals surface area contributed by atoms with E-state index in [0.717, 1.165) is 5.56 Å². The molecule has 0 aliphatic heterocycles. The molecule has 0 saturated carbocycles. The number of carbonyl (C=O) groups is 1. The van der Waals surface area contributed by atoms with E-state index in [-0.39, 0.29) is 10.6 Å². The summed E-state index contributed by atoms with van der Waals surface area (Å²) in [6.45, 7) is 0. The molecule has 24 heavy (non-hydrogen) atoms. The van der Waals surface area contributed by atoms with Crippen LogP contribution in [0, 0.1) is 0 Å². The van der Waals surface area contributed by atoms with Crippen LogP contribution >= 0.6 is 23.4 Å². The average Bonchev–Trinajstić information content (AvgIpc) is 2.55. The molecule has 2 rings (SSSR count). The molecule has 0 heterocycles. The molecule has 8 heteroatoms. The monoisotopic (exact) mass is 385 g/mol. The molecule has 0 bridgehead atoms. The maximum atomic E-state index is 12.3. The second kappa shape index (κ2) is 8.53. The predicted molar refractivity (Wildman–Crippen MR) is 95.8 cm³/mol. The molecule has 2 aromatic carbocycles. The minimum Gasteiger partial charge on any atom is -0.480 e. The number of halogens is 1. The number of aliphatic carboxylic acids is 1. The lowest BCUT2D eigenvalue weighted by molar-refractivity contribution is -0.138. The van der Waals surface area contributed by atoms with Gasteiger partial charge in [-0.3, -0.25) is 4.79 Å². The van der Waals surface area contributed by atoms with Crippen LogP contribution in [0.3, 0.4) is 0 Å². The summed E-state index contributed by atoms with van der Waals surface area (Å²) >= 11 is 7.08. The standard InChI is InChI=1S/C16H16ClNO4S2/c17-13-6-8-14(9-7-13)24(21,22)18-15(16(19)20)11-23-10-12-4-2-1-3-5-12/h1-9,15,18H,10-11H2,(H,19,20). The van der Waals surface area contributed by atoms with Crippen LogP contribution in [0.25, 0.3) is 0 Å². The number of rotatable bonds is 8. The predicted octanol–water partition coefficient (Wildman–Crippen LogP) is 3.00. The summed E-state index contributed by atoms with van der Waals surface area (Å²) < 4.78 is 26.8. The van der Waals surface area contributed by atoms with Crippen LogP contribution in [-0.2, 0) is 20.6 Å². The van der Waals surface area contributed by atoms with Gasteiger partial charge >= 0.3 is 5.97 Å². The first-order valence-corrected chi connectivity index (χ1v) is 10.0. The molecule has 0 saturated heterocycles. The Morgan fingerprint density at radius 2 is 1.75 bits per heavy atom. The van der Waals surface area contributed by atoms with Crippen molar-refractivity contribution in [2.24, 2.45) is 0 Å². The van der Waals surface area contributed by atoms with Gasteiger partial charge in [0.15, 0.2) is 0 Å². The molecule has 5 nitrogen and oxygen atoms in total. The van der Waals surface area contributed by atoms with E-state index >= 15 is 0 Å². The molecule has 0 fully saturated rings. The van der Waals surface area contributed by atoms with Gasteiger partial charge in [-0.25, -0.2) is 8.42 Å². The molecule has 0 amide bonds. The van der Waals surface area contributed by atoms with Crippen LogP contribution in [0.1, 0.15) is 5.56 Å². The molecule has 0 spiro atoms. The first-order valence-electron chi connectivity index (χ1n) is 7.01. The second-order valence-corrected chi connectivity index (χ2v) is 8.15. The van der Waals surface area contributed by atoms with Gasteiger partial charge in [0.25, 0.3) is 0 Å². The van der Waals surface area contributed by atoms with E-state index in [0.29, 0.717) is 10.8 Å². The zero-order valence-corrected chi connectivity index (χ0v) is 14.9. The third-order valence-electron chi connectivity index (χ3n) is 3.12. The number of sulfonamides is 1. The summed E-state index contributed by atoms with van der Waals surface area (Å²) in [5.41, 5.74) is 1.05. The fourth-order valence-electron chi connectivity index (χ4n) is 1.89. The van der Waals surface area contributed by atoms with Crippen LogP contribution in [0.4, 0.5) is 0 Å². The van der Waals surface area contributed by atoms with E-state index in [9.17, 15) is 18.3 Å². The van der Waals surface area contributed by atoms with Crippen molar-refractivity contribution in [2.75, 3.05) is 5.75 Å². The van der Waals surface area contributed by atoms with Crippen molar-refractivity contribution in [3.05, 3.63) is 65.2 Å². The summed E-state index contributed by atoms with van der Waals surface area (Å²) in [5, 5.41) is 9.67. The van der Waals surface area contributed by atoms with Gasteiger partial charge in [0, 0.05) is 16.5 Å². The highest BCUT2D eigenvalue weighted by molar-refractivity contribution is 7.98. The van der Waals surface area contributed by atoms with Crippen molar-refractivity contribution in [3.8, 4) is 0 Å². The minimum atomic E-state index is -3.92. The lowest BCUT2D eigenvalue weighted by atomic mass is 10.2. The van der Waals surface area contributed by atoms with Gasteiger partial charge < -0.3 is 5.11 Å². The van der Waals surface area contributed by atoms with E-state index in [1.807, 2.05) is 30.3 Å². The van der Waals surface area contributed by atoms with Crippen molar-refractivity contribution in [3.63, 3.8) is 0 Å². The van der Waals surface area contributed by atoms with Gasteiger partial charge in [-0.1, -0.05) is 41.9 Å². The molecule has 0 aliphatic rings. The quantitative estimate of drug-likeness (QED) is 0.729. The Balaban J connectivity index is 2.00. The Morgan fingerprint density at radius 1 is 1.12 bits per heavy atom. The Kier molecular flexibility index (Phi) is 6.68. The molecule has 0 aromatic heterocycles. The number of carboxylic acid groups (broad SMARTS) is 1. The van der Waals surface area contributed by atoms with Crippen LogP contribution in [-0.4, -0.2) is 31.3 Å². The van der Waals surface area contributed by atoms with Gasteiger partial charge in [0.1, 0.15) is 6.04 Å². The fraction of sp³-hybridized carbons (Fsp3) is 0.188. The highest BCUT2D eigenvalue weighted by Crippen LogP contribution is 2.17. The smallest absolute Gasteiger partial charge is 0.322 e. The van der Waals surface area contributed by atoms with Crippen molar-refractivity contribution < 1.29 is 18.3 Å². The zero-order valence-electron chi connectivity index (χ0n) is 12.6. The molecule has 2 aromatic rings. The molecule has 2 N–H and O–H groups in total. The molecular formula is C16H16ClNO4S2. The van der Waals surface area contributed by atoms with E-state index in [1.165, 1.54) is 36.0 Å². The minimum absolute atomic E-state index is 0.0220. The molecule has 0 aliphatic carbocycles. The molecule has 1 atom stereocenters. The first kappa shape index (κ1) is 18.8. The highest BCUT2D eigenvalue weighted by atomic mass is 35.5. The largest absolute Gasteiger partial charge is 0.480 e. The van der Waals surface area contributed by atoms with Crippen LogP contribution < -0.4 is 4.72 Å². The number of carboxylic acids is 1. The number of hydrogen-bond donors (Lipinski definition) is 2. The van der Waals surface area contributed by atoms with Gasteiger partial charge in [-0.2, -0.15) is 16.5 Å². The number of thioether (sulfide) groups is 1. The third kappa shape index (κ3) is 5.52. The normalized spacial score (nSPS) is 12.7. The first-order chi connectivity index (χ1) is 11.4. The van der Waals surface area contributed by atoms with Crippen LogP contribution in [0.15, 0.2) is 59.5 Å². The van der Waals surface area contributed by atoms with Crippen molar-refractivity contribution in [2.45, 2.75) is 16.7 Å². The summed E-state index contributed by atoms with van der Waals surface area (Å²) in [5.74, 6) is -0.488. The summed E-state index contributed by atoms with van der Waals surface area (Å²) in [4.78, 5) is 11.3. The van der Waals surface area contributed by atoms with E-state index in [4.69, 9.17) is 11.6 Å². The number of nitrogens with one attached hydrogen (secondary N) is 1. The average molecular weight is 386 g/mol. The number of benzene rings is 2. The number of hydrogen-bond acceptors (Lipinski definition) is 4. The van der Waals surface area contributed by atoms with Gasteiger partial charge in [0.05, 0.1) is 4.90 Å². The van der Waals surface area contributed by atoms with Crippen LogP contribution in [0.5, 0.6) is 0 Å². The van der Waals surface area contributed by atoms with Crippen LogP contribution in [0.2, 0.25) is 5.02 Å². The summed E-state index contributed by atoms with van der Waals surface area (Å²) in [7, 11) is -3.92. The summed E-state index contributed by atoms with van der Waals surface area (Å²) in [6, 6.07) is 13.9. The van der Waals surface area contributed by atoms with Gasteiger partial charge in [-0.05, 0) is 29.8 Å². The Labute approximate surface area is 150 Å². The second-order valence-electron chi connectivity index (χ2n) is 4.97. The van der Waals surface area contributed by atoms with E-state index < -0.39 is 22.0 Å². The molecular weight excluding hydrogens is 370 g/mol. The lowest BCUT2D eigenvalue weighted by Crippen LogP contribution is -2.42. The fourth-order valence-corrected chi connectivity index (χ4v) is 4.32. The highest BCUT2D eigenvalue weighted by Gasteiger charge is 2.25. The van der Waals surface area contributed by atoms with Gasteiger partial charge in [0.2, 0.25) is 10.0 Å². The Bertz CT molecular complexity index is 779. The molecule has 1 unspecified atom stereocenters. The Hall–Kier alpha value is -1.54. The van der Waals surface area contributed by atoms with Crippen molar-refractivity contribution in [1.82, 2.24) is 4.72 Å². The molecule has 128 valence electrons. The molecule has 0 radical (unpaired) electrons. The SMILES string of the molecule is O=C(O)C(CSCc1ccccc1)NS(=O)(=O)c1ccc(Cl)cc1. The van der Waals surface area contributed by atoms with E-state index in [1.54, 1.807) is 0 Å². The topological polar surface area (TPSA) is 83.5 Å². The van der Waals surface area contributed by atoms with Crippen molar-refractivity contribution >= 4 is 39.4 Å². The summed E-state index contributed by atoms with van der Waals surface area (Å²) in [6.07, 6.45) is 0. The van der Waals surface area contributed by atoms with Gasteiger partial charge in [-0.15, -0.1) is 0 Å². The Morgan fingerprint density at radius 3 is 2.33 bits per heavy atom. The third-order valence-corrected chi connectivity index (χ3v) is 5.96. The van der Waals surface area contributed by atoms with E-state index in [2.05, 4.69) is 4.72 Å². The lowest BCUT2D eigenvalue weighted by Gasteiger charge is -2.14. The maximum absolute atomic E-state index is 12.3. The van der Waals surface area contributed by atoms with Crippen molar-refractivity contribution in [1.29, 1.82) is 0 Å². The zero-order chi connectivity index (χ0) is 17.6. The maximum Gasteiger partial charge on any atom is 0.322 e.